The zero-order chi connectivity index (χ0) is 16.1. The highest BCUT2D eigenvalue weighted by Crippen LogP contribution is 2.42. The van der Waals surface area contributed by atoms with Gasteiger partial charge in [0.05, 0.1) is 19.8 Å². The van der Waals surface area contributed by atoms with E-state index in [4.69, 9.17) is 14.2 Å². The zero-order valence-electron chi connectivity index (χ0n) is 14.3. The van der Waals surface area contributed by atoms with Crippen LogP contribution >= 0.6 is 0 Å². The largest absolute Gasteiger partial charge is 0.448 e. The third-order valence-corrected chi connectivity index (χ3v) is 5.42. The SMILES string of the molecule is CCCOCC12CCCN1C(COC(=O)N1CCOCC1)CC2. The lowest BCUT2D eigenvalue weighted by molar-refractivity contribution is 0.00147. The van der Waals surface area contributed by atoms with Gasteiger partial charge in [0.2, 0.25) is 0 Å². The minimum absolute atomic E-state index is 0.188. The molecule has 0 aromatic heterocycles. The van der Waals surface area contributed by atoms with Crippen LogP contribution in [0.25, 0.3) is 0 Å². The summed E-state index contributed by atoms with van der Waals surface area (Å²) in [7, 11) is 0. The Kier molecular flexibility index (Phi) is 5.77. The topological polar surface area (TPSA) is 51.2 Å². The zero-order valence-corrected chi connectivity index (χ0v) is 14.3. The van der Waals surface area contributed by atoms with Gasteiger partial charge in [0.1, 0.15) is 6.61 Å². The number of morpholine rings is 1. The van der Waals surface area contributed by atoms with Crippen molar-refractivity contribution in [1.29, 1.82) is 0 Å². The van der Waals surface area contributed by atoms with E-state index < -0.39 is 0 Å². The lowest BCUT2D eigenvalue weighted by Crippen LogP contribution is -2.48. The van der Waals surface area contributed by atoms with Gasteiger partial charge in [-0.15, -0.1) is 0 Å². The van der Waals surface area contributed by atoms with Gasteiger partial charge < -0.3 is 19.1 Å². The van der Waals surface area contributed by atoms with Crippen molar-refractivity contribution < 1.29 is 19.0 Å². The van der Waals surface area contributed by atoms with E-state index in [0.29, 0.717) is 39.0 Å². The Morgan fingerprint density at radius 2 is 2.09 bits per heavy atom. The van der Waals surface area contributed by atoms with Crippen molar-refractivity contribution in [3.63, 3.8) is 0 Å². The summed E-state index contributed by atoms with van der Waals surface area (Å²) in [5.41, 5.74) is 0.200. The second kappa shape index (κ2) is 7.81. The number of fused-ring (bicyclic) bond motifs is 1. The maximum Gasteiger partial charge on any atom is 0.409 e. The molecule has 0 bridgehead atoms. The van der Waals surface area contributed by atoms with Crippen LogP contribution in [0.5, 0.6) is 0 Å². The average molecular weight is 326 g/mol. The second-order valence-corrected chi connectivity index (χ2v) is 6.94. The molecule has 23 heavy (non-hydrogen) atoms. The Labute approximate surface area is 139 Å². The molecule has 3 aliphatic heterocycles. The average Bonchev–Trinajstić information content (AvgIpc) is 3.13. The quantitative estimate of drug-likeness (QED) is 0.698. The first-order valence-corrected chi connectivity index (χ1v) is 9.09. The Balaban J connectivity index is 1.48. The second-order valence-electron chi connectivity index (χ2n) is 6.94. The summed E-state index contributed by atoms with van der Waals surface area (Å²) >= 11 is 0. The van der Waals surface area contributed by atoms with Crippen molar-refractivity contribution >= 4 is 6.09 Å². The van der Waals surface area contributed by atoms with Gasteiger partial charge in [-0.05, 0) is 38.6 Å². The van der Waals surface area contributed by atoms with Crippen molar-refractivity contribution in [3.8, 4) is 0 Å². The first-order chi connectivity index (χ1) is 11.2. The molecule has 0 spiro atoms. The molecule has 6 heteroatoms. The number of nitrogens with zero attached hydrogens (tertiary/aromatic N) is 2. The molecule has 0 saturated carbocycles. The fraction of sp³-hybridized carbons (Fsp3) is 0.941. The molecule has 1 amide bonds. The molecule has 0 N–H and O–H groups in total. The molecule has 0 radical (unpaired) electrons. The summed E-state index contributed by atoms with van der Waals surface area (Å²) in [4.78, 5) is 16.4. The van der Waals surface area contributed by atoms with Crippen molar-refractivity contribution in [2.24, 2.45) is 0 Å². The van der Waals surface area contributed by atoms with Crippen LogP contribution in [0, 0.1) is 0 Å². The molecule has 132 valence electrons. The van der Waals surface area contributed by atoms with Gasteiger partial charge in [-0.2, -0.15) is 0 Å². The van der Waals surface area contributed by atoms with Gasteiger partial charge in [0.15, 0.2) is 0 Å². The summed E-state index contributed by atoms with van der Waals surface area (Å²) in [6.45, 7) is 7.93. The lowest BCUT2D eigenvalue weighted by atomic mass is 9.95. The summed E-state index contributed by atoms with van der Waals surface area (Å²) in [5, 5.41) is 0. The van der Waals surface area contributed by atoms with E-state index in [1.54, 1.807) is 4.90 Å². The molecule has 2 atom stereocenters. The first-order valence-electron chi connectivity index (χ1n) is 9.09. The van der Waals surface area contributed by atoms with Crippen LogP contribution in [0.4, 0.5) is 4.79 Å². The van der Waals surface area contributed by atoms with Gasteiger partial charge in [0.25, 0.3) is 0 Å². The molecular weight excluding hydrogens is 296 g/mol. The van der Waals surface area contributed by atoms with Gasteiger partial charge in [-0.1, -0.05) is 6.92 Å². The Hall–Kier alpha value is -0.850. The van der Waals surface area contributed by atoms with Crippen molar-refractivity contribution in [3.05, 3.63) is 0 Å². The number of hydrogen-bond acceptors (Lipinski definition) is 5. The Bertz CT molecular complexity index is 400. The van der Waals surface area contributed by atoms with Crippen LogP contribution in [0.2, 0.25) is 0 Å². The highest BCUT2D eigenvalue weighted by Gasteiger charge is 2.49. The highest BCUT2D eigenvalue weighted by molar-refractivity contribution is 5.67. The smallest absolute Gasteiger partial charge is 0.409 e. The van der Waals surface area contributed by atoms with Gasteiger partial charge in [0, 0.05) is 31.3 Å². The normalized spacial score (nSPS) is 31.3. The first kappa shape index (κ1) is 17.0. The van der Waals surface area contributed by atoms with Crippen LogP contribution in [0.3, 0.4) is 0 Å². The van der Waals surface area contributed by atoms with E-state index in [1.807, 2.05) is 0 Å². The number of ether oxygens (including phenoxy) is 3. The summed E-state index contributed by atoms with van der Waals surface area (Å²) in [6.07, 6.45) is 5.58. The molecular formula is C17H30N2O4. The minimum atomic E-state index is -0.188. The maximum absolute atomic E-state index is 12.1. The highest BCUT2D eigenvalue weighted by atomic mass is 16.6. The molecule has 3 heterocycles. The van der Waals surface area contributed by atoms with Crippen molar-refractivity contribution in [1.82, 2.24) is 9.80 Å². The van der Waals surface area contributed by atoms with E-state index in [9.17, 15) is 4.79 Å². The van der Waals surface area contributed by atoms with Crippen LogP contribution in [0.1, 0.15) is 39.0 Å². The fourth-order valence-electron chi connectivity index (χ4n) is 4.20. The molecule has 2 unspecified atom stereocenters. The number of rotatable bonds is 6. The number of carbonyl (C=O) groups excluding carboxylic acids is 1. The molecule has 0 aromatic carbocycles. The molecule has 0 aromatic rings. The van der Waals surface area contributed by atoms with Crippen LogP contribution < -0.4 is 0 Å². The lowest BCUT2D eigenvalue weighted by Gasteiger charge is -2.35. The molecule has 3 aliphatic rings. The van der Waals surface area contributed by atoms with Crippen molar-refractivity contribution in [2.45, 2.75) is 50.6 Å². The van der Waals surface area contributed by atoms with Gasteiger partial charge in [-0.25, -0.2) is 4.79 Å². The van der Waals surface area contributed by atoms with Gasteiger partial charge in [-0.3, -0.25) is 4.90 Å². The molecule has 3 fully saturated rings. The molecule has 3 rings (SSSR count). The van der Waals surface area contributed by atoms with Crippen LogP contribution in [-0.2, 0) is 14.2 Å². The number of amides is 1. The van der Waals surface area contributed by atoms with E-state index in [-0.39, 0.29) is 11.6 Å². The third kappa shape index (κ3) is 3.80. The number of hydrogen-bond donors (Lipinski definition) is 0. The fourth-order valence-corrected chi connectivity index (χ4v) is 4.20. The summed E-state index contributed by atoms with van der Waals surface area (Å²) < 4.78 is 16.7. The van der Waals surface area contributed by atoms with Gasteiger partial charge >= 0.3 is 6.09 Å². The maximum atomic E-state index is 12.1. The monoisotopic (exact) mass is 326 g/mol. The molecule has 6 nitrogen and oxygen atoms in total. The van der Waals surface area contributed by atoms with E-state index >= 15 is 0 Å². The standard InChI is InChI=1S/C17H30N2O4/c1-2-10-22-14-17-5-3-7-19(17)15(4-6-17)13-23-16(20)18-8-11-21-12-9-18/h15H,2-14H2,1H3. The minimum Gasteiger partial charge on any atom is -0.448 e. The van der Waals surface area contributed by atoms with E-state index in [2.05, 4.69) is 11.8 Å². The predicted octanol–water partition coefficient (Wildman–Crippen LogP) is 1.88. The Morgan fingerprint density at radius 1 is 1.26 bits per heavy atom. The van der Waals surface area contributed by atoms with Crippen LogP contribution in [0.15, 0.2) is 0 Å². The van der Waals surface area contributed by atoms with Crippen molar-refractivity contribution in [2.75, 3.05) is 52.7 Å². The number of carbonyl (C=O) groups is 1. The molecule has 0 aliphatic carbocycles. The van der Waals surface area contributed by atoms with E-state index in [1.165, 1.54) is 12.8 Å². The van der Waals surface area contributed by atoms with Crippen LogP contribution in [-0.4, -0.2) is 80.1 Å². The Morgan fingerprint density at radius 3 is 2.87 bits per heavy atom. The molecule has 3 saturated heterocycles. The van der Waals surface area contributed by atoms with E-state index in [0.717, 1.165) is 39.0 Å². The predicted molar refractivity (Wildman–Crippen MR) is 86.5 cm³/mol. The third-order valence-electron chi connectivity index (χ3n) is 5.42. The summed E-state index contributed by atoms with van der Waals surface area (Å²) in [5.74, 6) is 0. The summed E-state index contributed by atoms with van der Waals surface area (Å²) in [6, 6.07) is 0.354.